The molecule has 90 valence electrons. The number of hydrogen-bond acceptors (Lipinski definition) is 3. The van der Waals surface area contributed by atoms with E-state index in [9.17, 15) is 0 Å². The molecule has 0 spiro atoms. The second-order valence-corrected chi connectivity index (χ2v) is 4.56. The monoisotopic (exact) mass is 230 g/mol. The second-order valence-electron chi connectivity index (χ2n) is 4.56. The Morgan fingerprint density at radius 2 is 2.00 bits per heavy atom. The van der Waals surface area contributed by atoms with Crippen molar-refractivity contribution in [3.8, 4) is 0 Å². The molecule has 4 heteroatoms. The van der Waals surface area contributed by atoms with Crippen molar-refractivity contribution in [1.82, 2.24) is 20.4 Å². The topological polar surface area (TPSA) is 44.0 Å². The van der Waals surface area contributed by atoms with Crippen LogP contribution in [0.15, 0.2) is 24.3 Å². The molecule has 0 atom stereocenters. The van der Waals surface area contributed by atoms with Crippen molar-refractivity contribution in [2.75, 3.05) is 32.7 Å². The van der Waals surface area contributed by atoms with Crippen molar-refractivity contribution in [1.29, 1.82) is 0 Å². The highest BCUT2D eigenvalue weighted by atomic mass is 15.2. The maximum Gasteiger partial charge on any atom is 0.0923 e. The molecule has 2 N–H and O–H groups in total. The fraction of sp³-hybridized carbons (Fsp3) is 0.462. The van der Waals surface area contributed by atoms with E-state index in [4.69, 9.17) is 0 Å². The predicted octanol–water partition coefficient (Wildman–Crippen LogP) is 1.01. The summed E-state index contributed by atoms with van der Waals surface area (Å²) in [7, 11) is 0. The first-order chi connectivity index (χ1) is 8.43. The van der Waals surface area contributed by atoms with E-state index in [1.165, 1.54) is 11.1 Å². The quantitative estimate of drug-likeness (QED) is 0.827. The zero-order valence-corrected chi connectivity index (χ0v) is 9.95. The number of nitrogens with zero attached hydrogens (tertiary/aromatic N) is 2. The Balaban J connectivity index is 1.68. The van der Waals surface area contributed by atoms with E-state index in [0.29, 0.717) is 0 Å². The Morgan fingerprint density at radius 3 is 2.88 bits per heavy atom. The van der Waals surface area contributed by atoms with E-state index < -0.39 is 0 Å². The minimum atomic E-state index is 1.06. The molecule has 1 aromatic carbocycles. The number of aromatic nitrogens is 2. The van der Waals surface area contributed by atoms with Gasteiger partial charge in [0.1, 0.15) is 0 Å². The average Bonchev–Trinajstić information content (AvgIpc) is 2.81. The van der Waals surface area contributed by atoms with Crippen molar-refractivity contribution < 1.29 is 0 Å². The zero-order chi connectivity index (χ0) is 11.5. The van der Waals surface area contributed by atoms with E-state index >= 15 is 0 Å². The molecule has 1 fully saturated rings. The lowest BCUT2D eigenvalue weighted by Gasteiger charge is -2.26. The summed E-state index contributed by atoms with van der Waals surface area (Å²) >= 11 is 0. The third-order valence-electron chi connectivity index (χ3n) is 3.43. The van der Waals surface area contributed by atoms with Crippen molar-refractivity contribution in [3.63, 3.8) is 0 Å². The van der Waals surface area contributed by atoms with Gasteiger partial charge in [-0.2, -0.15) is 5.10 Å². The van der Waals surface area contributed by atoms with Crippen LogP contribution in [-0.4, -0.2) is 47.8 Å². The van der Waals surface area contributed by atoms with E-state index in [-0.39, 0.29) is 0 Å². The van der Waals surface area contributed by atoms with Gasteiger partial charge in [0.2, 0.25) is 0 Å². The SMILES string of the molecule is c1ccc2c(CCN3CCNCC3)[nH]nc2c1. The van der Waals surface area contributed by atoms with E-state index in [1.54, 1.807) is 0 Å². The molecular weight excluding hydrogens is 212 g/mol. The van der Waals surface area contributed by atoms with Gasteiger partial charge in [-0.3, -0.25) is 5.10 Å². The first kappa shape index (κ1) is 10.7. The van der Waals surface area contributed by atoms with Gasteiger partial charge in [-0.05, 0) is 6.07 Å². The Hall–Kier alpha value is -1.39. The van der Waals surface area contributed by atoms with Crippen molar-refractivity contribution in [2.24, 2.45) is 0 Å². The average molecular weight is 230 g/mol. The number of hydrogen-bond donors (Lipinski definition) is 2. The maximum atomic E-state index is 4.33. The van der Waals surface area contributed by atoms with Gasteiger partial charge in [0.25, 0.3) is 0 Å². The van der Waals surface area contributed by atoms with Gasteiger partial charge >= 0.3 is 0 Å². The molecule has 0 bridgehead atoms. The number of benzene rings is 1. The molecule has 1 aliphatic rings. The molecule has 0 aliphatic carbocycles. The highest BCUT2D eigenvalue weighted by Crippen LogP contribution is 2.15. The van der Waals surface area contributed by atoms with E-state index in [2.05, 4.69) is 38.6 Å². The van der Waals surface area contributed by atoms with Gasteiger partial charge in [-0.25, -0.2) is 0 Å². The van der Waals surface area contributed by atoms with Crippen molar-refractivity contribution >= 4 is 10.9 Å². The lowest BCUT2D eigenvalue weighted by molar-refractivity contribution is 0.243. The summed E-state index contributed by atoms with van der Waals surface area (Å²) < 4.78 is 0. The molecule has 1 aromatic heterocycles. The summed E-state index contributed by atoms with van der Waals surface area (Å²) in [6.45, 7) is 5.67. The molecule has 1 aliphatic heterocycles. The number of H-pyrrole nitrogens is 1. The van der Waals surface area contributed by atoms with Crippen LogP contribution in [0.1, 0.15) is 5.69 Å². The fourth-order valence-electron chi connectivity index (χ4n) is 2.41. The molecule has 2 aromatic rings. The molecule has 1 saturated heterocycles. The minimum absolute atomic E-state index is 1.06. The Kier molecular flexibility index (Phi) is 3.07. The first-order valence-electron chi connectivity index (χ1n) is 6.28. The third-order valence-corrected chi connectivity index (χ3v) is 3.43. The summed E-state index contributed by atoms with van der Waals surface area (Å²) in [5, 5.41) is 12.1. The lowest BCUT2D eigenvalue weighted by Crippen LogP contribution is -2.44. The number of nitrogens with one attached hydrogen (secondary N) is 2. The van der Waals surface area contributed by atoms with Crippen LogP contribution in [0.5, 0.6) is 0 Å². The standard InChI is InChI=1S/C13H18N4/c1-2-4-12-11(3-1)13(16-15-12)5-8-17-9-6-14-7-10-17/h1-4,14H,5-10H2,(H,15,16). The Labute approximate surface area is 101 Å². The molecule has 0 amide bonds. The third kappa shape index (κ3) is 2.33. The first-order valence-corrected chi connectivity index (χ1v) is 6.28. The Bertz CT molecular complexity index is 485. The van der Waals surface area contributed by atoms with E-state index in [1.807, 2.05) is 6.07 Å². The van der Waals surface area contributed by atoms with Crippen molar-refractivity contribution in [3.05, 3.63) is 30.0 Å². The summed E-state index contributed by atoms with van der Waals surface area (Å²) in [5.74, 6) is 0. The van der Waals surface area contributed by atoms with Gasteiger partial charge in [0.15, 0.2) is 0 Å². The van der Waals surface area contributed by atoms with Crippen LogP contribution in [-0.2, 0) is 6.42 Å². The second kappa shape index (κ2) is 4.85. The largest absolute Gasteiger partial charge is 0.314 e. The summed E-state index contributed by atoms with van der Waals surface area (Å²) in [6.07, 6.45) is 1.06. The summed E-state index contributed by atoms with van der Waals surface area (Å²) in [4.78, 5) is 2.51. The normalized spacial score (nSPS) is 17.6. The number of aromatic amines is 1. The van der Waals surface area contributed by atoms with Gasteiger partial charge in [-0.15, -0.1) is 0 Å². The van der Waals surface area contributed by atoms with Crippen LogP contribution >= 0.6 is 0 Å². The number of piperazine rings is 1. The molecule has 4 nitrogen and oxygen atoms in total. The number of rotatable bonds is 3. The van der Waals surface area contributed by atoms with Gasteiger partial charge < -0.3 is 10.2 Å². The lowest BCUT2D eigenvalue weighted by atomic mass is 10.1. The van der Waals surface area contributed by atoms with Crippen LogP contribution in [0.3, 0.4) is 0 Å². The molecule has 17 heavy (non-hydrogen) atoms. The number of fused-ring (bicyclic) bond motifs is 1. The molecule has 0 saturated carbocycles. The highest BCUT2D eigenvalue weighted by molar-refractivity contribution is 5.81. The maximum absolute atomic E-state index is 4.33. The predicted molar refractivity (Wildman–Crippen MR) is 69.1 cm³/mol. The van der Waals surface area contributed by atoms with Crippen LogP contribution in [0.2, 0.25) is 0 Å². The smallest absolute Gasteiger partial charge is 0.0923 e. The number of para-hydroxylation sites is 1. The van der Waals surface area contributed by atoms with Crippen LogP contribution in [0, 0.1) is 0 Å². The van der Waals surface area contributed by atoms with Crippen LogP contribution < -0.4 is 5.32 Å². The van der Waals surface area contributed by atoms with Gasteiger partial charge in [0, 0.05) is 50.2 Å². The molecule has 3 rings (SSSR count). The van der Waals surface area contributed by atoms with Crippen molar-refractivity contribution in [2.45, 2.75) is 6.42 Å². The van der Waals surface area contributed by atoms with Crippen LogP contribution in [0.25, 0.3) is 10.9 Å². The van der Waals surface area contributed by atoms with Crippen LogP contribution in [0.4, 0.5) is 0 Å². The molecule has 0 radical (unpaired) electrons. The molecule has 2 heterocycles. The Morgan fingerprint density at radius 1 is 1.18 bits per heavy atom. The summed E-state index contributed by atoms with van der Waals surface area (Å²) in [6, 6.07) is 8.31. The molecule has 0 unspecified atom stereocenters. The zero-order valence-electron chi connectivity index (χ0n) is 9.95. The van der Waals surface area contributed by atoms with E-state index in [0.717, 1.165) is 44.7 Å². The molecular formula is C13H18N4. The van der Waals surface area contributed by atoms with Gasteiger partial charge in [-0.1, -0.05) is 18.2 Å². The fourth-order valence-corrected chi connectivity index (χ4v) is 2.41. The highest BCUT2D eigenvalue weighted by Gasteiger charge is 2.10. The summed E-state index contributed by atoms with van der Waals surface area (Å²) in [5.41, 5.74) is 2.34. The minimum Gasteiger partial charge on any atom is -0.314 e. The van der Waals surface area contributed by atoms with Gasteiger partial charge in [0.05, 0.1) is 5.52 Å².